The molecule has 17 heavy (non-hydrogen) atoms. The van der Waals surface area contributed by atoms with Gasteiger partial charge in [0.15, 0.2) is 0 Å². The Morgan fingerprint density at radius 3 is 2.65 bits per heavy atom. The van der Waals surface area contributed by atoms with Gasteiger partial charge in [0.1, 0.15) is 6.10 Å². The van der Waals surface area contributed by atoms with Crippen LogP contribution in [0.4, 0.5) is 0 Å². The van der Waals surface area contributed by atoms with E-state index in [1.807, 2.05) is 0 Å². The number of carbonyl (C=O) groups is 1. The standard InChI is InChI=1S/C11H14ClNO4/c1-13-5-8(14)10(15)6-3-2-4-7(9(6)12)11(16)17/h2-4,8,10,13-15H,5H2,1H3,(H,16,17). The zero-order valence-electron chi connectivity index (χ0n) is 9.22. The molecule has 1 rings (SSSR count). The molecule has 0 bridgehead atoms. The van der Waals surface area contributed by atoms with Crippen molar-refractivity contribution in [3.05, 3.63) is 34.3 Å². The van der Waals surface area contributed by atoms with Crippen molar-refractivity contribution in [1.29, 1.82) is 0 Å². The summed E-state index contributed by atoms with van der Waals surface area (Å²) in [4.78, 5) is 10.9. The highest BCUT2D eigenvalue weighted by Gasteiger charge is 2.22. The van der Waals surface area contributed by atoms with E-state index in [9.17, 15) is 15.0 Å². The first kappa shape index (κ1) is 13.9. The van der Waals surface area contributed by atoms with Gasteiger partial charge in [0.2, 0.25) is 0 Å². The fourth-order valence-electron chi connectivity index (χ4n) is 1.47. The molecule has 94 valence electrons. The van der Waals surface area contributed by atoms with E-state index in [0.29, 0.717) is 0 Å². The fourth-order valence-corrected chi connectivity index (χ4v) is 1.79. The van der Waals surface area contributed by atoms with Gasteiger partial charge in [0.05, 0.1) is 16.7 Å². The van der Waals surface area contributed by atoms with Crippen LogP contribution in [0.15, 0.2) is 18.2 Å². The van der Waals surface area contributed by atoms with E-state index in [2.05, 4.69) is 5.32 Å². The molecule has 0 saturated heterocycles. The monoisotopic (exact) mass is 259 g/mol. The van der Waals surface area contributed by atoms with Crippen LogP contribution in [0, 0.1) is 0 Å². The average Bonchev–Trinajstić information content (AvgIpc) is 2.28. The number of carboxylic acid groups (broad SMARTS) is 1. The summed E-state index contributed by atoms with van der Waals surface area (Å²) in [6.45, 7) is 0.175. The van der Waals surface area contributed by atoms with Crippen molar-refractivity contribution in [2.45, 2.75) is 12.2 Å². The smallest absolute Gasteiger partial charge is 0.337 e. The minimum atomic E-state index is -1.23. The van der Waals surface area contributed by atoms with Crippen molar-refractivity contribution in [2.75, 3.05) is 13.6 Å². The van der Waals surface area contributed by atoms with E-state index in [1.54, 1.807) is 7.05 Å². The number of rotatable bonds is 5. The fraction of sp³-hybridized carbons (Fsp3) is 0.364. The molecule has 0 aliphatic carbocycles. The highest BCUT2D eigenvalue weighted by atomic mass is 35.5. The van der Waals surface area contributed by atoms with Crippen LogP contribution in [-0.2, 0) is 0 Å². The number of aliphatic hydroxyl groups excluding tert-OH is 2. The minimum absolute atomic E-state index is 0.0531. The van der Waals surface area contributed by atoms with Crippen LogP contribution in [-0.4, -0.2) is 41.0 Å². The van der Waals surface area contributed by atoms with Gasteiger partial charge in [-0.15, -0.1) is 0 Å². The van der Waals surface area contributed by atoms with Crippen molar-refractivity contribution in [3.8, 4) is 0 Å². The largest absolute Gasteiger partial charge is 0.478 e. The molecule has 0 amide bonds. The summed E-state index contributed by atoms with van der Waals surface area (Å²) in [5.74, 6) is -1.17. The van der Waals surface area contributed by atoms with Gasteiger partial charge >= 0.3 is 5.97 Å². The normalized spacial score (nSPS) is 14.4. The van der Waals surface area contributed by atoms with E-state index in [4.69, 9.17) is 16.7 Å². The number of halogens is 1. The average molecular weight is 260 g/mol. The van der Waals surface area contributed by atoms with Crippen LogP contribution in [0.5, 0.6) is 0 Å². The Balaban J connectivity index is 3.06. The molecular weight excluding hydrogens is 246 g/mol. The molecule has 0 fully saturated rings. The highest BCUT2D eigenvalue weighted by Crippen LogP contribution is 2.28. The summed E-state index contributed by atoms with van der Waals surface area (Å²) in [5.41, 5.74) is 0.106. The molecule has 0 aliphatic rings. The molecule has 0 heterocycles. The Labute approximate surface area is 104 Å². The van der Waals surface area contributed by atoms with Gasteiger partial charge in [-0.1, -0.05) is 23.7 Å². The predicted molar refractivity (Wildman–Crippen MR) is 63.3 cm³/mol. The summed E-state index contributed by atoms with van der Waals surface area (Å²) >= 11 is 5.87. The summed E-state index contributed by atoms with van der Waals surface area (Å²) < 4.78 is 0. The number of likely N-dealkylation sites (N-methyl/N-ethyl adjacent to an activating group) is 1. The molecule has 2 atom stereocenters. The van der Waals surface area contributed by atoms with Crippen molar-refractivity contribution in [2.24, 2.45) is 0 Å². The van der Waals surface area contributed by atoms with Crippen LogP contribution >= 0.6 is 11.6 Å². The third-order valence-electron chi connectivity index (χ3n) is 2.36. The van der Waals surface area contributed by atoms with Crippen molar-refractivity contribution in [1.82, 2.24) is 5.32 Å². The third kappa shape index (κ3) is 3.17. The van der Waals surface area contributed by atoms with E-state index >= 15 is 0 Å². The van der Waals surface area contributed by atoms with E-state index in [0.717, 1.165) is 0 Å². The molecule has 1 aromatic carbocycles. The van der Waals surface area contributed by atoms with E-state index < -0.39 is 18.2 Å². The summed E-state index contributed by atoms with van der Waals surface area (Å²) in [7, 11) is 1.63. The minimum Gasteiger partial charge on any atom is -0.478 e. The molecule has 2 unspecified atom stereocenters. The molecule has 0 radical (unpaired) electrons. The number of nitrogens with one attached hydrogen (secondary N) is 1. The van der Waals surface area contributed by atoms with Gasteiger partial charge in [-0.2, -0.15) is 0 Å². The molecule has 1 aromatic rings. The van der Waals surface area contributed by atoms with Crippen molar-refractivity contribution >= 4 is 17.6 Å². The lowest BCUT2D eigenvalue weighted by atomic mass is 10.0. The van der Waals surface area contributed by atoms with E-state index in [1.165, 1.54) is 18.2 Å². The number of hydrogen-bond acceptors (Lipinski definition) is 4. The maximum Gasteiger partial charge on any atom is 0.337 e. The van der Waals surface area contributed by atoms with Gasteiger partial charge in [0, 0.05) is 12.1 Å². The Bertz CT molecular complexity index is 410. The second-order valence-corrected chi connectivity index (χ2v) is 3.96. The number of carboxylic acids is 1. The Morgan fingerprint density at radius 1 is 1.47 bits per heavy atom. The molecule has 0 saturated carbocycles. The highest BCUT2D eigenvalue weighted by molar-refractivity contribution is 6.34. The van der Waals surface area contributed by atoms with E-state index in [-0.39, 0.29) is 22.7 Å². The van der Waals surface area contributed by atoms with Crippen LogP contribution in [0.1, 0.15) is 22.0 Å². The first-order chi connectivity index (χ1) is 7.99. The third-order valence-corrected chi connectivity index (χ3v) is 2.78. The van der Waals surface area contributed by atoms with Crippen LogP contribution in [0.2, 0.25) is 5.02 Å². The quantitative estimate of drug-likeness (QED) is 0.624. The van der Waals surface area contributed by atoms with Gasteiger partial charge in [-0.05, 0) is 13.1 Å². The first-order valence-corrected chi connectivity index (χ1v) is 5.39. The molecule has 6 heteroatoms. The molecule has 0 spiro atoms. The lowest BCUT2D eigenvalue weighted by Gasteiger charge is -2.19. The summed E-state index contributed by atoms with van der Waals surface area (Å²) in [5, 5.41) is 31.0. The van der Waals surface area contributed by atoms with Crippen LogP contribution in [0.3, 0.4) is 0 Å². The van der Waals surface area contributed by atoms with Gasteiger partial charge in [-0.25, -0.2) is 4.79 Å². The molecular formula is C11H14ClNO4. The van der Waals surface area contributed by atoms with Crippen molar-refractivity contribution < 1.29 is 20.1 Å². The topological polar surface area (TPSA) is 89.8 Å². The number of benzene rings is 1. The zero-order chi connectivity index (χ0) is 13.0. The maximum absolute atomic E-state index is 10.9. The van der Waals surface area contributed by atoms with Gasteiger partial charge in [-0.3, -0.25) is 0 Å². The van der Waals surface area contributed by atoms with Crippen molar-refractivity contribution in [3.63, 3.8) is 0 Å². The summed E-state index contributed by atoms with van der Waals surface area (Å²) in [6.07, 6.45) is -2.28. The molecule has 5 nitrogen and oxygen atoms in total. The predicted octanol–water partition coefficient (Wildman–Crippen LogP) is 0.652. The number of aromatic carboxylic acids is 1. The number of hydrogen-bond donors (Lipinski definition) is 4. The Morgan fingerprint density at radius 2 is 2.12 bits per heavy atom. The lowest BCUT2D eigenvalue weighted by molar-refractivity contribution is 0.0202. The van der Waals surface area contributed by atoms with Gasteiger partial charge < -0.3 is 20.6 Å². The molecule has 4 N–H and O–H groups in total. The second kappa shape index (κ2) is 5.97. The molecule has 0 aromatic heterocycles. The van der Waals surface area contributed by atoms with Gasteiger partial charge in [0.25, 0.3) is 0 Å². The Hall–Kier alpha value is -1.14. The van der Waals surface area contributed by atoms with Crippen LogP contribution < -0.4 is 5.32 Å². The lowest BCUT2D eigenvalue weighted by Crippen LogP contribution is -2.29. The summed E-state index contributed by atoms with van der Waals surface area (Å²) in [6, 6.07) is 4.30. The first-order valence-electron chi connectivity index (χ1n) is 5.01. The SMILES string of the molecule is CNCC(O)C(O)c1cccc(C(=O)O)c1Cl. The second-order valence-electron chi connectivity index (χ2n) is 3.58. The number of aliphatic hydroxyl groups is 2. The zero-order valence-corrected chi connectivity index (χ0v) is 9.98. The van der Waals surface area contributed by atoms with Crippen LogP contribution in [0.25, 0.3) is 0 Å². The molecule has 0 aliphatic heterocycles. The Kier molecular flexibility index (Phi) is 4.89. The maximum atomic E-state index is 10.9.